The van der Waals surface area contributed by atoms with Gasteiger partial charge in [-0.05, 0) is 18.8 Å². The molecule has 0 bridgehead atoms. The van der Waals surface area contributed by atoms with E-state index >= 15 is 0 Å². The first-order valence-corrected chi connectivity index (χ1v) is 6.93. The quantitative estimate of drug-likeness (QED) is 0.806. The third-order valence-electron chi connectivity index (χ3n) is 3.11. The maximum atomic E-state index is 12.8. The van der Waals surface area contributed by atoms with E-state index in [0.29, 0.717) is 13.1 Å². The van der Waals surface area contributed by atoms with Gasteiger partial charge in [-0.2, -0.15) is 18.2 Å². The summed E-state index contributed by atoms with van der Waals surface area (Å²) in [6.45, 7) is 3.12. The van der Waals surface area contributed by atoms with Crippen LogP contribution in [0.5, 0.6) is 0 Å². The molecule has 0 saturated heterocycles. The van der Waals surface area contributed by atoms with Crippen molar-refractivity contribution in [3.8, 4) is 0 Å². The van der Waals surface area contributed by atoms with Crippen molar-refractivity contribution in [3.63, 3.8) is 0 Å². The topological polar surface area (TPSA) is 49.8 Å². The summed E-state index contributed by atoms with van der Waals surface area (Å²) in [5, 5.41) is 5.75. The van der Waals surface area contributed by atoms with Gasteiger partial charge in [0.1, 0.15) is 5.82 Å². The maximum Gasteiger partial charge on any atom is 0.433 e. The Balaban J connectivity index is 2.06. The highest BCUT2D eigenvalue weighted by atomic mass is 19.4. The molecule has 1 aromatic heterocycles. The van der Waals surface area contributed by atoms with E-state index < -0.39 is 11.9 Å². The Kier molecular flexibility index (Phi) is 4.67. The van der Waals surface area contributed by atoms with Gasteiger partial charge in [0, 0.05) is 19.2 Å². The van der Waals surface area contributed by atoms with Gasteiger partial charge < -0.3 is 10.6 Å². The van der Waals surface area contributed by atoms with Gasteiger partial charge in [-0.1, -0.05) is 19.8 Å². The van der Waals surface area contributed by atoms with Crippen molar-refractivity contribution >= 4 is 11.8 Å². The second-order valence-electron chi connectivity index (χ2n) is 5.05. The highest BCUT2D eigenvalue weighted by Gasteiger charge is 2.33. The molecule has 2 rings (SSSR count). The van der Waals surface area contributed by atoms with E-state index in [2.05, 4.69) is 20.6 Å². The standard InChI is InChI=1S/C13H19F3N4/c1-2-6-18-12-19-10(13(14,15)16)8-11(20-12)17-7-5-9-3-4-9/h8-9H,2-7H2,1H3,(H2,17,18,19,20). The summed E-state index contributed by atoms with van der Waals surface area (Å²) >= 11 is 0. The second kappa shape index (κ2) is 6.28. The molecule has 1 saturated carbocycles. The second-order valence-corrected chi connectivity index (χ2v) is 5.05. The van der Waals surface area contributed by atoms with Gasteiger partial charge in [0.05, 0.1) is 0 Å². The highest BCUT2D eigenvalue weighted by Crippen LogP contribution is 2.32. The van der Waals surface area contributed by atoms with E-state index in [0.717, 1.165) is 24.8 Å². The van der Waals surface area contributed by atoms with Crippen molar-refractivity contribution < 1.29 is 13.2 Å². The van der Waals surface area contributed by atoms with Crippen molar-refractivity contribution in [2.24, 2.45) is 5.92 Å². The molecular weight excluding hydrogens is 269 g/mol. The van der Waals surface area contributed by atoms with E-state index in [-0.39, 0.29) is 11.8 Å². The summed E-state index contributed by atoms with van der Waals surface area (Å²) in [6.07, 6.45) is -0.239. The van der Waals surface area contributed by atoms with Crippen LogP contribution in [0.25, 0.3) is 0 Å². The van der Waals surface area contributed by atoms with Crippen LogP contribution in [0.4, 0.5) is 24.9 Å². The smallest absolute Gasteiger partial charge is 0.370 e. The van der Waals surface area contributed by atoms with Gasteiger partial charge >= 0.3 is 6.18 Å². The molecule has 0 spiro atoms. The molecule has 4 nitrogen and oxygen atoms in total. The molecule has 1 aromatic rings. The van der Waals surface area contributed by atoms with Crippen LogP contribution in [0, 0.1) is 5.92 Å². The lowest BCUT2D eigenvalue weighted by molar-refractivity contribution is -0.141. The van der Waals surface area contributed by atoms with Crippen LogP contribution in [0.1, 0.15) is 38.3 Å². The third-order valence-corrected chi connectivity index (χ3v) is 3.11. The number of hydrogen-bond acceptors (Lipinski definition) is 4. The van der Waals surface area contributed by atoms with Crippen LogP contribution in [0.15, 0.2) is 6.07 Å². The molecule has 0 aliphatic heterocycles. The van der Waals surface area contributed by atoms with Crippen molar-refractivity contribution in [2.75, 3.05) is 23.7 Å². The lowest BCUT2D eigenvalue weighted by Gasteiger charge is -2.12. The van der Waals surface area contributed by atoms with Gasteiger partial charge in [-0.25, -0.2) is 4.98 Å². The molecule has 7 heteroatoms. The summed E-state index contributed by atoms with van der Waals surface area (Å²) < 4.78 is 38.4. The van der Waals surface area contributed by atoms with E-state index in [9.17, 15) is 13.2 Å². The molecule has 20 heavy (non-hydrogen) atoms. The number of aromatic nitrogens is 2. The first kappa shape index (κ1) is 14.9. The Labute approximate surface area is 116 Å². The van der Waals surface area contributed by atoms with Crippen molar-refractivity contribution in [3.05, 3.63) is 11.8 Å². The minimum absolute atomic E-state index is 0.0237. The SMILES string of the molecule is CCCNc1nc(NCCC2CC2)cc(C(F)(F)F)n1. The summed E-state index contributed by atoms with van der Waals surface area (Å²) in [5.41, 5.74) is -0.917. The van der Waals surface area contributed by atoms with Crippen LogP contribution >= 0.6 is 0 Å². The highest BCUT2D eigenvalue weighted by molar-refractivity contribution is 5.43. The van der Waals surface area contributed by atoms with Crippen molar-refractivity contribution in [2.45, 2.75) is 38.8 Å². The van der Waals surface area contributed by atoms with Crippen LogP contribution in [0.2, 0.25) is 0 Å². The zero-order valence-electron chi connectivity index (χ0n) is 11.4. The number of hydrogen-bond donors (Lipinski definition) is 2. The summed E-state index contributed by atoms with van der Waals surface area (Å²) in [6, 6.07) is 0.962. The first-order valence-electron chi connectivity index (χ1n) is 6.93. The summed E-state index contributed by atoms with van der Waals surface area (Å²) in [4.78, 5) is 7.58. The molecule has 0 unspecified atom stereocenters. The average Bonchev–Trinajstić information content (AvgIpc) is 3.19. The molecule has 0 aromatic carbocycles. The normalized spacial score (nSPS) is 15.2. The Bertz CT molecular complexity index is 444. The number of halogens is 3. The largest absolute Gasteiger partial charge is 0.433 e. The zero-order chi connectivity index (χ0) is 14.6. The maximum absolute atomic E-state index is 12.8. The van der Waals surface area contributed by atoms with Crippen molar-refractivity contribution in [1.82, 2.24) is 9.97 Å². The number of anilines is 2. The predicted molar refractivity (Wildman–Crippen MR) is 71.6 cm³/mol. The zero-order valence-corrected chi connectivity index (χ0v) is 11.4. The van der Waals surface area contributed by atoms with Crippen LogP contribution in [-0.2, 0) is 6.18 Å². The Morgan fingerprint density at radius 2 is 1.95 bits per heavy atom. The summed E-state index contributed by atoms with van der Waals surface area (Å²) in [7, 11) is 0. The molecule has 1 aliphatic carbocycles. The lowest BCUT2D eigenvalue weighted by Crippen LogP contribution is -2.15. The van der Waals surface area contributed by atoms with E-state index in [4.69, 9.17) is 0 Å². The van der Waals surface area contributed by atoms with Gasteiger partial charge in [-0.15, -0.1) is 0 Å². The molecule has 1 fully saturated rings. The molecule has 0 atom stereocenters. The fourth-order valence-corrected chi connectivity index (χ4v) is 1.81. The van der Waals surface area contributed by atoms with Crippen molar-refractivity contribution in [1.29, 1.82) is 0 Å². The molecule has 112 valence electrons. The fourth-order valence-electron chi connectivity index (χ4n) is 1.81. The predicted octanol–water partition coefficient (Wildman–Crippen LogP) is 3.53. The van der Waals surface area contributed by atoms with Gasteiger partial charge in [-0.3, -0.25) is 0 Å². The number of alkyl halides is 3. The van der Waals surface area contributed by atoms with Crippen LogP contribution in [-0.4, -0.2) is 23.1 Å². The fraction of sp³-hybridized carbons (Fsp3) is 0.692. The molecule has 1 aliphatic rings. The first-order chi connectivity index (χ1) is 9.49. The summed E-state index contributed by atoms with van der Waals surface area (Å²) in [5.74, 6) is 0.978. The number of rotatable bonds is 7. The number of nitrogens with one attached hydrogen (secondary N) is 2. The molecule has 0 amide bonds. The van der Waals surface area contributed by atoms with Gasteiger partial charge in [0.15, 0.2) is 5.69 Å². The van der Waals surface area contributed by atoms with Crippen LogP contribution in [0.3, 0.4) is 0 Å². The van der Waals surface area contributed by atoms with Crippen LogP contribution < -0.4 is 10.6 Å². The third kappa shape index (κ3) is 4.54. The van der Waals surface area contributed by atoms with E-state index in [1.807, 2.05) is 6.92 Å². The molecular formula is C13H19F3N4. The minimum atomic E-state index is -4.46. The Morgan fingerprint density at radius 1 is 1.20 bits per heavy atom. The van der Waals surface area contributed by atoms with Gasteiger partial charge in [0.2, 0.25) is 5.95 Å². The molecule has 2 N–H and O–H groups in total. The molecule has 1 heterocycles. The van der Waals surface area contributed by atoms with E-state index in [1.165, 1.54) is 12.8 Å². The average molecular weight is 288 g/mol. The Morgan fingerprint density at radius 3 is 2.55 bits per heavy atom. The van der Waals surface area contributed by atoms with E-state index in [1.54, 1.807) is 0 Å². The number of nitrogens with zero attached hydrogens (tertiary/aromatic N) is 2. The van der Waals surface area contributed by atoms with Gasteiger partial charge in [0.25, 0.3) is 0 Å². The minimum Gasteiger partial charge on any atom is -0.370 e. The Hall–Kier alpha value is -1.53. The molecule has 0 radical (unpaired) electrons. The monoisotopic (exact) mass is 288 g/mol. The lowest BCUT2D eigenvalue weighted by atomic mass is 10.3.